The second kappa shape index (κ2) is 14.3. The van der Waals surface area contributed by atoms with Crippen LogP contribution in [0.3, 0.4) is 0 Å². The molecular formula is C13H22Cl3NTi. The number of likely N-dealkylation sites (N-methyl/N-ethyl adjacent to an activating group) is 1. The molecule has 1 aromatic carbocycles. The van der Waals surface area contributed by atoms with Crippen molar-refractivity contribution in [2.45, 2.75) is 34.1 Å². The summed E-state index contributed by atoms with van der Waals surface area (Å²) in [5.41, 5.74) is 4.35. The van der Waals surface area contributed by atoms with E-state index in [4.69, 9.17) is 0 Å². The van der Waals surface area contributed by atoms with Crippen molar-refractivity contribution in [3.63, 3.8) is 0 Å². The summed E-state index contributed by atoms with van der Waals surface area (Å²) in [6.45, 7) is 12.3. The first-order valence-electron chi connectivity index (χ1n) is 5.62. The Labute approximate surface area is 146 Å². The summed E-state index contributed by atoms with van der Waals surface area (Å²) < 4.78 is 0. The molecule has 0 bridgehead atoms. The molecule has 0 fully saturated rings. The first-order valence-corrected chi connectivity index (χ1v) is 5.62. The summed E-state index contributed by atoms with van der Waals surface area (Å²) in [5.74, 6) is 0. The molecule has 0 amide bonds. The van der Waals surface area contributed by atoms with Gasteiger partial charge in [-0.2, -0.15) is 22.8 Å². The summed E-state index contributed by atoms with van der Waals surface area (Å²) in [4.78, 5) is 2.47. The summed E-state index contributed by atoms with van der Waals surface area (Å²) in [6, 6.07) is 4.64. The maximum Gasteiger partial charge on any atom is 4.00 e. The third-order valence-electron chi connectivity index (χ3n) is 3.04. The fraction of sp³-hybridized carbons (Fsp3) is 0.615. The zero-order valence-electron chi connectivity index (χ0n) is 11.6. The van der Waals surface area contributed by atoms with Gasteiger partial charge in [-0.3, -0.25) is 0 Å². The van der Waals surface area contributed by atoms with Crippen LogP contribution in [0, 0.1) is 13.8 Å². The molecular weight excluding hydrogens is 324 g/mol. The molecule has 104 valence electrons. The van der Waals surface area contributed by atoms with Crippen LogP contribution >= 0.6 is 0 Å². The molecule has 1 aromatic rings. The molecule has 5 heteroatoms. The van der Waals surface area contributed by atoms with Crippen LogP contribution in [0.5, 0.6) is 0 Å². The maximum atomic E-state index is 2.47. The Balaban J connectivity index is -0.000000245. The summed E-state index contributed by atoms with van der Waals surface area (Å²) >= 11 is 0. The van der Waals surface area contributed by atoms with Crippen molar-refractivity contribution in [1.29, 1.82) is 0 Å². The van der Waals surface area contributed by atoms with Gasteiger partial charge < -0.3 is 42.1 Å². The molecule has 0 aliphatic heterocycles. The van der Waals surface area contributed by atoms with Crippen molar-refractivity contribution in [1.82, 2.24) is 4.90 Å². The topological polar surface area (TPSA) is 3.24 Å². The van der Waals surface area contributed by atoms with Gasteiger partial charge in [0.05, 0.1) is 0 Å². The van der Waals surface area contributed by atoms with Gasteiger partial charge in [-0.15, -0.1) is 0 Å². The molecule has 0 saturated heterocycles. The van der Waals surface area contributed by atoms with E-state index in [2.05, 4.69) is 44.7 Å². The minimum absolute atomic E-state index is 0. The fourth-order valence-corrected chi connectivity index (χ4v) is 1.80. The van der Waals surface area contributed by atoms with Crippen LogP contribution in [-0.2, 0) is 28.1 Å². The molecule has 0 unspecified atom stereocenters. The van der Waals surface area contributed by atoms with E-state index in [9.17, 15) is 0 Å². The Hall–Kier alpha value is 0.894. The normalized spacial score (nSPS) is 8.72. The van der Waals surface area contributed by atoms with Gasteiger partial charge in [-0.1, -0.05) is 34.1 Å². The predicted molar refractivity (Wildman–Crippen MR) is 63.0 cm³/mol. The molecule has 0 atom stereocenters. The van der Waals surface area contributed by atoms with Crippen molar-refractivity contribution in [2.75, 3.05) is 19.6 Å². The molecule has 1 rings (SSSR count). The first-order chi connectivity index (χ1) is 6.67. The second-order valence-electron chi connectivity index (χ2n) is 4.01. The van der Waals surface area contributed by atoms with Gasteiger partial charge in [0, 0.05) is 0 Å². The van der Waals surface area contributed by atoms with E-state index in [1.807, 2.05) is 0 Å². The predicted octanol–water partition coefficient (Wildman–Crippen LogP) is -6.08. The molecule has 0 heterocycles. The van der Waals surface area contributed by atoms with E-state index < -0.39 is 0 Å². The van der Waals surface area contributed by atoms with E-state index in [1.165, 1.54) is 29.7 Å². The van der Waals surface area contributed by atoms with Gasteiger partial charge in [0.15, 0.2) is 0 Å². The van der Waals surface area contributed by atoms with Crippen molar-refractivity contribution < 1.29 is 58.9 Å². The van der Waals surface area contributed by atoms with E-state index >= 15 is 0 Å². The monoisotopic (exact) mass is 345 g/mol. The molecule has 18 heavy (non-hydrogen) atoms. The van der Waals surface area contributed by atoms with E-state index in [0.717, 1.165) is 13.1 Å². The van der Waals surface area contributed by atoms with Crippen molar-refractivity contribution in [3.05, 3.63) is 28.8 Å². The van der Waals surface area contributed by atoms with Crippen LogP contribution in [0.15, 0.2) is 12.1 Å². The summed E-state index contributed by atoms with van der Waals surface area (Å²) in [5, 5.41) is 0. The van der Waals surface area contributed by atoms with Gasteiger partial charge in [0.2, 0.25) is 0 Å². The minimum Gasteiger partial charge on any atom is -1.00 e. The molecule has 0 aliphatic rings. The van der Waals surface area contributed by atoms with Gasteiger partial charge in [-0.25, -0.2) is 6.07 Å². The largest absolute Gasteiger partial charge is 4.00 e. The number of aryl methyl sites for hydroxylation is 2. The van der Waals surface area contributed by atoms with Crippen LogP contribution in [-0.4, -0.2) is 24.5 Å². The Morgan fingerprint density at radius 1 is 1.11 bits per heavy atom. The standard InChI is InChI=1S/C13H22N.3ClH.Ti/c1-5-14(6-2)8-7-13-9-11(3)12(4)10-13;;;;/h9-10H,5-8H2,1-4H3;3*1H;/q-1;;;;+4/p-3. The number of nitrogens with zero attached hydrogens (tertiary/aromatic N) is 1. The summed E-state index contributed by atoms with van der Waals surface area (Å²) in [6.07, 6.45) is 1.19. The van der Waals surface area contributed by atoms with E-state index in [1.54, 1.807) is 0 Å². The van der Waals surface area contributed by atoms with Gasteiger partial charge >= 0.3 is 21.7 Å². The molecule has 0 aromatic heterocycles. The van der Waals surface area contributed by atoms with E-state index in [-0.39, 0.29) is 58.9 Å². The van der Waals surface area contributed by atoms with Crippen LogP contribution < -0.4 is 37.2 Å². The molecule has 0 N–H and O–H groups in total. The van der Waals surface area contributed by atoms with Crippen molar-refractivity contribution in [3.8, 4) is 0 Å². The van der Waals surface area contributed by atoms with Crippen LogP contribution in [0.2, 0.25) is 0 Å². The van der Waals surface area contributed by atoms with Crippen LogP contribution in [0.25, 0.3) is 0 Å². The smallest absolute Gasteiger partial charge is 1.00 e. The molecule has 0 saturated carbocycles. The van der Waals surface area contributed by atoms with Gasteiger partial charge in [-0.05, 0) is 19.6 Å². The number of rotatable bonds is 5. The number of hydrogen-bond acceptors (Lipinski definition) is 1. The molecule has 0 spiro atoms. The molecule has 1 nitrogen and oxygen atoms in total. The van der Waals surface area contributed by atoms with Crippen molar-refractivity contribution in [2.24, 2.45) is 0 Å². The third kappa shape index (κ3) is 8.90. The average Bonchev–Trinajstić information content (AvgIpc) is 2.48. The Morgan fingerprint density at radius 2 is 1.61 bits per heavy atom. The quantitative estimate of drug-likeness (QED) is 0.379. The average molecular weight is 347 g/mol. The van der Waals surface area contributed by atoms with Gasteiger partial charge in [0.25, 0.3) is 0 Å². The Kier molecular flexibility index (Phi) is 21.7. The Bertz CT molecular complexity index is 266. The zero-order chi connectivity index (χ0) is 10.6. The molecule has 0 aliphatic carbocycles. The number of halogens is 3. The fourth-order valence-electron chi connectivity index (χ4n) is 1.80. The maximum absolute atomic E-state index is 2.47. The SMILES string of the molecule is CCN(CC)CCc1cc(C)[c-](C)c1.[Cl-].[Cl-].[Cl-].[Ti+4]. The van der Waals surface area contributed by atoms with Crippen molar-refractivity contribution >= 4 is 0 Å². The minimum atomic E-state index is 0. The third-order valence-corrected chi connectivity index (χ3v) is 3.04. The van der Waals surface area contributed by atoms with Crippen LogP contribution in [0.4, 0.5) is 0 Å². The van der Waals surface area contributed by atoms with Gasteiger partial charge in [0.1, 0.15) is 0 Å². The van der Waals surface area contributed by atoms with Crippen LogP contribution in [0.1, 0.15) is 30.5 Å². The molecule has 0 radical (unpaired) electrons. The Morgan fingerprint density at radius 3 is 1.94 bits per heavy atom. The zero-order valence-corrected chi connectivity index (χ0v) is 15.4. The second-order valence-corrected chi connectivity index (χ2v) is 4.01. The first kappa shape index (κ1) is 27.3. The summed E-state index contributed by atoms with van der Waals surface area (Å²) in [7, 11) is 0. The van der Waals surface area contributed by atoms with E-state index in [0.29, 0.717) is 0 Å². The number of hydrogen-bond donors (Lipinski definition) is 0.